The minimum atomic E-state index is 0.113. The van der Waals surface area contributed by atoms with Crippen LogP contribution >= 0.6 is 11.3 Å². The largest absolute Gasteiger partial charge is 0.338 e. The zero-order chi connectivity index (χ0) is 15.1. The standard InChI is InChI=1S/C16H16N4OS/c1-19-8-13(7-18-19)12-4-5-20(9-12)16(21)11-2-3-14-15(6-11)22-10-17-14/h2-3,6-8,10,12H,4-5,9H2,1H3/t12-/m1/s1. The van der Waals surface area contributed by atoms with E-state index in [4.69, 9.17) is 0 Å². The summed E-state index contributed by atoms with van der Waals surface area (Å²) in [5.41, 5.74) is 4.74. The second-order valence-electron chi connectivity index (χ2n) is 5.72. The number of hydrogen-bond donors (Lipinski definition) is 0. The van der Waals surface area contributed by atoms with E-state index < -0.39 is 0 Å². The van der Waals surface area contributed by atoms with E-state index in [2.05, 4.69) is 10.1 Å². The van der Waals surface area contributed by atoms with Crippen LogP contribution in [0.3, 0.4) is 0 Å². The molecule has 2 aromatic heterocycles. The van der Waals surface area contributed by atoms with Gasteiger partial charge in [-0.25, -0.2) is 4.98 Å². The maximum atomic E-state index is 12.7. The summed E-state index contributed by atoms with van der Waals surface area (Å²) in [4.78, 5) is 18.9. The number of nitrogens with zero attached hydrogens (tertiary/aromatic N) is 4. The third-order valence-corrected chi connectivity index (χ3v) is 5.04. The summed E-state index contributed by atoms with van der Waals surface area (Å²) in [6.45, 7) is 1.57. The van der Waals surface area contributed by atoms with E-state index in [1.54, 1.807) is 11.3 Å². The van der Waals surface area contributed by atoms with Crippen molar-refractivity contribution in [2.24, 2.45) is 7.05 Å². The highest BCUT2D eigenvalue weighted by Crippen LogP contribution is 2.28. The average Bonchev–Trinajstić information content (AvgIpc) is 3.25. The average molecular weight is 312 g/mol. The van der Waals surface area contributed by atoms with E-state index in [1.165, 1.54) is 5.56 Å². The summed E-state index contributed by atoms with van der Waals surface area (Å²) < 4.78 is 2.88. The molecule has 0 saturated carbocycles. The molecule has 6 heteroatoms. The first-order chi connectivity index (χ1) is 10.7. The highest BCUT2D eigenvalue weighted by atomic mass is 32.1. The second kappa shape index (κ2) is 5.21. The summed E-state index contributed by atoms with van der Waals surface area (Å²) in [5.74, 6) is 0.506. The van der Waals surface area contributed by atoms with Crippen LogP contribution < -0.4 is 0 Å². The van der Waals surface area contributed by atoms with Crippen LogP contribution in [-0.4, -0.2) is 38.7 Å². The molecule has 0 unspecified atom stereocenters. The van der Waals surface area contributed by atoms with Gasteiger partial charge in [-0.2, -0.15) is 5.10 Å². The molecule has 0 aliphatic carbocycles. The summed E-state index contributed by atoms with van der Waals surface area (Å²) in [5, 5.41) is 4.23. The Bertz CT molecular complexity index is 837. The number of carbonyl (C=O) groups is 1. The Kier molecular flexibility index (Phi) is 3.18. The zero-order valence-corrected chi connectivity index (χ0v) is 13.1. The van der Waals surface area contributed by atoms with Crippen LogP contribution in [-0.2, 0) is 7.05 Å². The van der Waals surface area contributed by atoms with E-state index in [9.17, 15) is 4.79 Å². The van der Waals surface area contributed by atoms with Crippen LogP contribution in [0.2, 0.25) is 0 Å². The van der Waals surface area contributed by atoms with Gasteiger partial charge < -0.3 is 4.90 Å². The van der Waals surface area contributed by atoms with Crippen LogP contribution in [0, 0.1) is 0 Å². The molecule has 1 aliphatic heterocycles. The van der Waals surface area contributed by atoms with Gasteiger partial charge in [-0.1, -0.05) is 0 Å². The number of aryl methyl sites for hydroxylation is 1. The molecule has 1 saturated heterocycles. The van der Waals surface area contributed by atoms with E-state index in [0.717, 1.165) is 35.3 Å². The third-order valence-electron chi connectivity index (χ3n) is 4.25. The Morgan fingerprint density at radius 2 is 2.32 bits per heavy atom. The van der Waals surface area contributed by atoms with Gasteiger partial charge in [-0.3, -0.25) is 9.48 Å². The Morgan fingerprint density at radius 1 is 1.41 bits per heavy atom. The highest BCUT2D eigenvalue weighted by Gasteiger charge is 2.28. The van der Waals surface area contributed by atoms with Crippen molar-refractivity contribution in [3.05, 3.63) is 47.2 Å². The van der Waals surface area contributed by atoms with Crippen molar-refractivity contribution in [1.82, 2.24) is 19.7 Å². The van der Waals surface area contributed by atoms with Gasteiger partial charge >= 0.3 is 0 Å². The smallest absolute Gasteiger partial charge is 0.253 e. The van der Waals surface area contributed by atoms with Gasteiger partial charge in [-0.15, -0.1) is 11.3 Å². The van der Waals surface area contributed by atoms with Crippen molar-refractivity contribution in [2.45, 2.75) is 12.3 Å². The predicted octanol–water partition coefficient (Wildman–Crippen LogP) is 2.66. The highest BCUT2D eigenvalue weighted by molar-refractivity contribution is 7.16. The molecule has 5 nitrogen and oxygen atoms in total. The molecule has 1 atom stereocenters. The minimum Gasteiger partial charge on any atom is -0.338 e. The van der Waals surface area contributed by atoms with Crippen molar-refractivity contribution in [3.8, 4) is 0 Å². The van der Waals surface area contributed by atoms with Crippen LogP contribution in [0.15, 0.2) is 36.1 Å². The molecule has 1 fully saturated rings. The molecule has 0 N–H and O–H groups in total. The number of hydrogen-bond acceptors (Lipinski definition) is 4. The first kappa shape index (κ1) is 13.5. The van der Waals surface area contributed by atoms with Crippen molar-refractivity contribution < 1.29 is 4.79 Å². The van der Waals surface area contributed by atoms with Gasteiger partial charge in [0, 0.05) is 37.8 Å². The SMILES string of the molecule is Cn1cc([C@@H]2CCN(C(=O)c3ccc4ncsc4c3)C2)cn1. The molecule has 1 amide bonds. The molecule has 1 aliphatic rings. The molecule has 0 radical (unpaired) electrons. The number of amides is 1. The van der Waals surface area contributed by atoms with Gasteiger partial charge in [0.2, 0.25) is 0 Å². The number of carbonyl (C=O) groups excluding carboxylic acids is 1. The van der Waals surface area contributed by atoms with Crippen molar-refractivity contribution in [2.75, 3.05) is 13.1 Å². The number of likely N-dealkylation sites (tertiary alicyclic amines) is 1. The van der Waals surface area contributed by atoms with E-state index in [1.807, 2.05) is 52.7 Å². The second-order valence-corrected chi connectivity index (χ2v) is 6.61. The Morgan fingerprint density at radius 3 is 3.14 bits per heavy atom. The zero-order valence-electron chi connectivity index (χ0n) is 12.3. The number of rotatable bonds is 2. The number of thiazole rings is 1. The molecular formula is C16H16N4OS. The lowest BCUT2D eigenvalue weighted by Gasteiger charge is -2.16. The first-order valence-electron chi connectivity index (χ1n) is 7.32. The van der Waals surface area contributed by atoms with Gasteiger partial charge in [0.1, 0.15) is 0 Å². The number of benzene rings is 1. The van der Waals surface area contributed by atoms with Crippen LogP contribution in [0.5, 0.6) is 0 Å². The topological polar surface area (TPSA) is 51.0 Å². The van der Waals surface area contributed by atoms with Crippen LogP contribution in [0.1, 0.15) is 28.3 Å². The fraction of sp³-hybridized carbons (Fsp3) is 0.312. The lowest BCUT2D eigenvalue weighted by Crippen LogP contribution is -2.28. The molecule has 0 spiro atoms. The summed E-state index contributed by atoms with van der Waals surface area (Å²) in [6, 6.07) is 5.75. The lowest BCUT2D eigenvalue weighted by atomic mass is 10.0. The van der Waals surface area contributed by atoms with E-state index in [-0.39, 0.29) is 5.91 Å². The van der Waals surface area contributed by atoms with Gasteiger partial charge in [-0.05, 0) is 30.2 Å². The van der Waals surface area contributed by atoms with Gasteiger partial charge in [0.05, 0.1) is 21.9 Å². The van der Waals surface area contributed by atoms with E-state index in [0.29, 0.717) is 5.92 Å². The van der Waals surface area contributed by atoms with Crippen molar-refractivity contribution in [1.29, 1.82) is 0 Å². The first-order valence-corrected chi connectivity index (χ1v) is 8.20. The van der Waals surface area contributed by atoms with Gasteiger partial charge in [0.25, 0.3) is 5.91 Å². The molecule has 3 aromatic rings. The van der Waals surface area contributed by atoms with Gasteiger partial charge in [0.15, 0.2) is 0 Å². The predicted molar refractivity (Wildman–Crippen MR) is 86.1 cm³/mol. The number of aromatic nitrogens is 3. The van der Waals surface area contributed by atoms with Crippen molar-refractivity contribution >= 4 is 27.5 Å². The summed E-state index contributed by atoms with van der Waals surface area (Å²) >= 11 is 1.57. The molecule has 4 rings (SSSR count). The molecular weight excluding hydrogens is 296 g/mol. The monoisotopic (exact) mass is 312 g/mol. The molecule has 3 heterocycles. The summed E-state index contributed by atoms with van der Waals surface area (Å²) in [6.07, 6.45) is 4.95. The molecule has 0 bridgehead atoms. The number of fused-ring (bicyclic) bond motifs is 1. The normalized spacial score (nSPS) is 18.2. The summed E-state index contributed by atoms with van der Waals surface area (Å²) in [7, 11) is 1.92. The third kappa shape index (κ3) is 2.29. The maximum absolute atomic E-state index is 12.7. The molecule has 1 aromatic carbocycles. The fourth-order valence-electron chi connectivity index (χ4n) is 3.04. The maximum Gasteiger partial charge on any atom is 0.253 e. The Balaban J connectivity index is 1.53. The lowest BCUT2D eigenvalue weighted by molar-refractivity contribution is 0.0791. The Labute approximate surface area is 132 Å². The molecule has 22 heavy (non-hydrogen) atoms. The molecule has 112 valence electrons. The van der Waals surface area contributed by atoms with E-state index >= 15 is 0 Å². The van der Waals surface area contributed by atoms with Crippen LogP contribution in [0.4, 0.5) is 0 Å². The van der Waals surface area contributed by atoms with Crippen molar-refractivity contribution in [3.63, 3.8) is 0 Å². The quantitative estimate of drug-likeness (QED) is 0.731. The fourth-order valence-corrected chi connectivity index (χ4v) is 3.75. The Hall–Kier alpha value is -2.21. The van der Waals surface area contributed by atoms with Crippen LogP contribution in [0.25, 0.3) is 10.2 Å². The minimum absolute atomic E-state index is 0.113.